The van der Waals surface area contributed by atoms with E-state index in [1.54, 1.807) is 0 Å². The summed E-state index contributed by atoms with van der Waals surface area (Å²) in [4.78, 5) is 9.86. The first-order chi connectivity index (χ1) is 6.89. The van der Waals surface area contributed by atoms with Crippen molar-refractivity contribution in [1.29, 1.82) is 0 Å². The van der Waals surface area contributed by atoms with E-state index in [1.165, 1.54) is 33.7 Å². The fourth-order valence-electron chi connectivity index (χ4n) is 20.2. The standard InChI is InChI=1S/C8H12N.C5H5.Fe/c1-6-3-4-8(5-9)7(6)2;1-2-4-5-3-1;/h3-4H,5,9H2,1-2H3;1-5H;. The quantitative estimate of drug-likeness (QED) is 0.701. The van der Waals surface area contributed by atoms with E-state index in [0.717, 1.165) is 19.5 Å². The summed E-state index contributed by atoms with van der Waals surface area (Å²) in [6, 6.07) is 0. The topological polar surface area (TPSA) is 26.0 Å². The third-order valence-electron chi connectivity index (χ3n) is 17.3. The van der Waals surface area contributed by atoms with Crippen LogP contribution in [0.1, 0.15) is 13.8 Å². The second kappa shape index (κ2) is 0.360. The predicted octanol–water partition coefficient (Wildman–Crippen LogP) is 3.48. The predicted molar refractivity (Wildman–Crippen MR) is 54.7 cm³/mol. The fraction of sp³-hybridized carbons (Fsp3) is 1.00. The first kappa shape index (κ1) is 5.42. The molecular weight excluding hydrogens is 226 g/mol. The van der Waals surface area contributed by atoms with Gasteiger partial charge in [-0.25, -0.2) is 0 Å². The van der Waals surface area contributed by atoms with Crippen molar-refractivity contribution < 1.29 is 6.51 Å². The van der Waals surface area contributed by atoms with Crippen LogP contribution in [0.25, 0.3) is 0 Å². The number of nitrogens with two attached hydrogens (primary N) is 1. The van der Waals surface area contributed by atoms with Crippen molar-refractivity contribution in [2.75, 3.05) is 6.54 Å². The molecule has 0 aromatic carbocycles. The van der Waals surface area contributed by atoms with Gasteiger partial charge in [0.1, 0.15) is 0 Å². The molecule has 0 saturated carbocycles. The van der Waals surface area contributed by atoms with E-state index in [1.807, 2.05) is 0 Å². The molecule has 0 aromatic heterocycles. The van der Waals surface area contributed by atoms with Gasteiger partial charge in [-0.1, -0.05) is 0 Å². The molecule has 0 aliphatic carbocycles. The van der Waals surface area contributed by atoms with Crippen LogP contribution < -0.4 is 5.73 Å². The van der Waals surface area contributed by atoms with Crippen molar-refractivity contribution in [3.63, 3.8) is 0 Å². The Hall–Kier alpha value is 0.479. The number of rotatable bonds is 1. The summed E-state index contributed by atoms with van der Waals surface area (Å²) in [7, 11) is 0. The van der Waals surface area contributed by atoms with Crippen LogP contribution in [-0.2, 0) is 6.51 Å². The third-order valence-corrected chi connectivity index (χ3v) is 63.9. The molecule has 0 radical (unpaired) electrons. The van der Waals surface area contributed by atoms with E-state index < -0.39 is 6.51 Å². The van der Waals surface area contributed by atoms with Crippen LogP contribution >= 0.6 is 0 Å². The average molecular weight is 243 g/mol. The minimum atomic E-state index is -2.96. The Labute approximate surface area is 79.4 Å². The van der Waals surface area contributed by atoms with E-state index in [4.69, 9.17) is 5.73 Å². The Bertz CT molecular complexity index is 946. The zero-order valence-electron chi connectivity index (χ0n) is 9.18. The van der Waals surface area contributed by atoms with Crippen LogP contribution in [0.3, 0.4) is 0 Å². The van der Waals surface area contributed by atoms with E-state index in [0.29, 0.717) is 0 Å². The van der Waals surface area contributed by atoms with Crippen LogP contribution in [0.15, 0.2) is 0 Å². The molecule has 0 bridgehead atoms. The molecule has 10 aliphatic heterocycles. The zero-order chi connectivity index (χ0) is 9.56. The Balaban J connectivity index is 1.97. The first-order valence-corrected chi connectivity index (χ1v) is 12.9. The van der Waals surface area contributed by atoms with Crippen molar-refractivity contribution in [3.8, 4) is 0 Å². The van der Waals surface area contributed by atoms with E-state index in [9.17, 15) is 0 Å². The Morgan fingerprint density at radius 1 is 1.00 bits per heavy atom. The van der Waals surface area contributed by atoms with Gasteiger partial charge in [-0.3, -0.25) is 0 Å². The van der Waals surface area contributed by atoms with Gasteiger partial charge < -0.3 is 0 Å². The summed E-state index contributed by atoms with van der Waals surface area (Å²) < 4.78 is 2.88. The second-order valence-corrected chi connectivity index (χ2v) is 34.4. The molecule has 10 saturated heterocycles. The Morgan fingerprint density at radius 2 is 1.53 bits per heavy atom. The normalized spacial score (nSPS) is 144. The molecule has 15 heavy (non-hydrogen) atoms. The van der Waals surface area contributed by atoms with Gasteiger partial charge in [-0.2, -0.15) is 0 Å². The van der Waals surface area contributed by atoms with Crippen LogP contribution in [0.2, 0.25) is 46.7 Å². The van der Waals surface area contributed by atoms with E-state index >= 15 is 0 Å². The maximum absolute atomic E-state index is 6.39. The van der Waals surface area contributed by atoms with Crippen molar-refractivity contribution >= 4 is 0 Å². The summed E-state index contributed by atoms with van der Waals surface area (Å²) >= 11 is 0. The van der Waals surface area contributed by atoms with Gasteiger partial charge in [0, 0.05) is 0 Å². The SMILES string of the molecule is C[C]12[CH]3[CH]4[C]5(CN)[C]1(C)[Fe]34251678[CH]2[CH]1[CH]6[CH]7[CH]28. The minimum absolute atomic E-state index is 0.913. The molecule has 10 rings (SSSR count). The van der Waals surface area contributed by atoms with Crippen LogP contribution in [0.5, 0.6) is 0 Å². The van der Waals surface area contributed by atoms with E-state index in [-0.39, 0.29) is 0 Å². The Morgan fingerprint density at radius 3 is 1.60 bits per heavy atom. The number of fused-ring (bicyclic) bond motifs is 10. The molecule has 10 aliphatic rings. The summed E-state index contributed by atoms with van der Waals surface area (Å²) in [5, 5.41) is 0. The number of hydrogen-bond acceptors (Lipinski definition) is 1. The molecule has 2 N–H and O–H groups in total. The molecule has 82 valence electrons. The summed E-state index contributed by atoms with van der Waals surface area (Å²) in [5.41, 5.74) is 6.39. The molecule has 0 amide bonds. The molecule has 0 aromatic rings. The maximum atomic E-state index is 6.39. The second-order valence-electron chi connectivity index (χ2n) is 10.9. The Kier molecular flexibility index (Phi) is 0.130. The van der Waals surface area contributed by atoms with Gasteiger partial charge in [0.05, 0.1) is 0 Å². The van der Waals surface area contributed by atoms with Crippen LogP contribution in [-0.4, -0.2) is 6.54 Å². The molecule has 5 atom stereocenters. The average Bonchev–Trinajstić information content (AvgIpc) is 3.17. The summed E-state index contributed by atoms with van der Waals surface area (Å²) in [6.07, 6.45) is 0. The molecule has 1 nitrogen and oxygen atoms in total. The summed E-state index contributed by atoms with van der Waals surface area (Å²) in [5.74, 6) is 0. The van der Waals surface area contributed by atoms with Gasteiger partial charge >= 0.3 is 79.3 Å². The van der Waals surface area contributed by atoms with Crippen molar-refractivity contribution in [3.05, 3.63) is 0 Å². The fourth-order valence-corrected chi connectivity index (χ4v) is 101. The van der Waals surface area contributed by atoms with Crippen molar-refractivity contribution in [2.45, 2.75) is 60.5 Å². The van der Waals surface area contributed by atoms with Gasteiger partial charge in [0.25, 0.3) is 0 Å². The molecule has 1 spiro atoms. The first-order valence-electron chi connectivity index (χ1n) is 6.80. The van der Waals surface area contributed by atoms with Gasteiger partial charge in [-0.05, 0) is 0 Å². The molecule has 10 heterocycles. The van der Waals surface area contributed by atoms with E-state index in [2.05, 4.69) is 13.8 Å². The van der Waals surface area contributed by atoms with Crippen LogP contribution in [0, 0.1) is 0 Å². The van der Waals surface area contributed by atoms with Gasteiger partial charge in [-0.15, -0.1) is 0 Å². The third kappa shape index (κ3) is 0.0377. The molecule has 10 fully saturated rings. The molecule has 5 unspecified atom stereocenters. The monoisotopic (exact) mass is 243 g/mol. The van der Waals surface area contributed by atoms with Crippen LogP contribution in [0.4, 0.5) is 0 Å². The molecule has 2 heteroatoms. The molecular formula is C13H17FeN. The number of hydrogen-bond donors (Lipinski definition) is 1. The van der Waals surface area contributed by atoms with Gasteiger partial charge in [0.15, 0.2) is 0 Å². The van der Waals surface area contributed by atoms with Crippen molar-refractivity contribution in [1.82, 2.24) is 0 Å². The van der Waals surface area contributed by atoms with Gasteiger partial charge in [0.2, 0.25) is 0 Å². The summed E-state index contributed by atoms with van der Waals surface area (Å²) in [6.45, 7) is 3.76. The zero-order valence-corrected chi connectivity index (χ0v) is 10.3. The van der Waals surface area contributed by atoms with Crippen molar-refractivity contribution in [2.24, 2.45) is 5.73 Å².